The van der Waals surface area contributed by atoms with E-state index in [4.69, 9.17) is 20.8 Å². The van der Waals surface area contributed by atoms with E-state index >= 15 is 0 Å². The number of nitrogens with zero attached hydrogens (tertiary/aromatic N) is 1. The normalized spacial score (nSPS) is 16.2. The second-order valence-electron chi connectivity index (χ2n) is 9.33. The molecule has 0 spiro atoms. The molecule has 0 unspecified atom stereocenters. The largest absolute Gasteiger partial charge is 0.491 e. The SMILES string of the molecule is CC(C)c1cc(OCCO[Si](C(C)C)(C(C)C)C(C)C)cc2c1C(=O)N(CCl)S2(=O)=O. The van der Waals surface area contributed by atoms with Crippen LogP contribution in [0.2, 0.25) is 16.6 Å². The van der Waals surface area contributed by atoms with Gasteiger partial charge in [0.25, 0.3) is 15.9 Å². The van der Waals surface area contributed by atoms with E-state index in [0.29, 0.717) is 45.5 Å². The van der Waals surface area contributed by atoms with Crippen molar-refractivity contribution in [2.75, 3.05) is 19.2 Å². The lowest BCUT2D eigenvalue weighted by molar-refractivity contribution is 0.0884. The molecule has 0 bridgehead atoms. The molecule has 0 N–H and O–H groups in total. The van der Waals surface area contributed by atoms with Crippen LogP contribution in [0.5, 0.6) is 5.75 Å². The average molecular weight is 490 g/mol. The second-order valence-corrected chi connectivity index (χ2v) is 16.9. The molecular weight excluding hydrogens is 454 g/mol. The van der Waals surface area contributed by atoms with Gasteiger partial charge in [0, 0.05) is 6.07 Å². The zero-order valence-electron chi connectivity index (χ0n) is 19.9. The first kappa shape index (κ1) is 26.2. The zero-order chi connectivity index (χ0) is 23.7. The predicted molar refractivity (Wildman–Crippen MR) is 127 cm³/mol. The van der Waals surface area contributed by atoms with E-state index in [1.165, 1.54) is 6.07 Å². The van der Waals surface area contributed by atoms with E-state index in [-0.39, 0.29) is 16.4 Å². The summed E-state index contributed by atoms with van der Waals surface area (Å²) in [5.41, 5.74) is 2.25. The first-order chi connectivity index (χ1) is 14.3. The highest BCUT2D eigenvalue weighted by molar-refractivity contribution is 7.90. The monoisotopic (exact) mass is 489 g/mol. The first-order valence-electron chi connectivity index (χ1n) is 10.9. The lowest BCUT2D eigenvalue weighted by atomic mass is 9.96. The number of benzene rings is 1. The standard InChI is InChI=1S/C22H36ClNO5SSi/c1-14(2)19-11-18(12-20-21(19)22(25)24(13-23)30(20,26)27)28-9-10-29-31(15(3)4,16(5)6)17(7)8/h11-12,14-17H,9-10,13H2,1-8H3. The molecule has 0 radical (unpaired) electrons. The maximum Gasteiger partial charge on any atom is 0.270 e. The molecule has 1 aromatic rings. The molecule has 9 heteroatoms. The Hall–Kier alpha value is -1.09. The number of ether oxygens (including phenoxy) is 1. The van der Waals surface area contributed by atoms with Gasteiger partial charge < -0.3 is 9.16 Å². The van der Waals surface area contributed by atoms with Crippen LogP contribution >= 0.6 is 11.6 Å². The van der Waals surface area contributed by atoms with Crippen molar-refractivity contribution in [2.45, 2.75) is 82.8 Å². The van der Waals surface area contributed by atoms with E-state index in [1.807, 2.05) is 13.8 Å². The van der Waals surface area contributed by atoms with Crippen molar-refractivity contribution in [1.29, 1.82) is 0 Å². The van der Waals surface area contributed by atoms with Gasteiger partial charge in [0.05, 0.1) is 12.2 Å². The van der Waals surface area contributed by atoms with Crippen LogP contribution in [-0.4, -0.2) is 46.2 Å². The number of sulfonamides is 1. The summed E-state index contributed by atoms with van der Waals surface area (Å²) in [6.45, 7) is 18.0. The van der Waals surface area contributed by atoms with Crippen molar-refractivity contribution < 1.29 is 22.4 Å². The van der Waals surface area contributed by atoms with Crippen molar-refractivity contribution in [3.8, 4) is 5.75 Å². The van der Waals surface area contributed by atoms with E-state index in [2.05, 4.69) is 41.5 Å². The second kappa shape index (κ2) is 9.81. The fraction of sp³-hybridized carbons (Fsp3) is 0.682. The number of carbonyl (C=O) groups is 1. The number of carbonyl (C=O) groups excluding carboxylic acids is 1. The maximum absolute atomic E-state index is 12.8. The molecule has 6 nitrogen and oxygen atoms in total. The molecule has 1 heterocycles. The molecule has 1 aliphatic heterocycles. The molecule has 0 atom stereocenters. The van der Waals surface area contributed by atoms with Gasteiger partial charge in [-0.05, 0) is 34.2 Å². The third kappa shape index (κ3) is 4.68. The molecule has 1 aromatic carbocycles. The van der Waals surface area contributed by atoms with Gasteiger partial charge in [-0.2, -0.15) is 0 Å². The van der Waals surface area contributed by atoms with Crippen LogP contribution in [0.15, 0.2) is 17.0 Å². The van der Waals surface area contributed by atoms with Crippen LogP contribution in [0.1, 0.15) is 77.2 Å². The Labute approximate surface area is 193 Å². The van der Waals surface area contributed by atoms with E-state index < -0.39 is 30.3 Å². The van der Waals surface area contributed by atoms with Crippen LogP contribution in [0.25, 0.3) is 0 Å². The van der Waals surface area contributed by atoms with Crippen LogP contribution in [0.4, 0.5) is 0 Å². The summed E-state index contributed by atoms with van der Waals surface area (Å²) >= 11 is 5.75. The first-order valence-corrected chi connectivity index (χ1v) is 15.0. The molecule has 31 heavy (non-hydrogen) atoms. The summed E-state index contributed by atoms with van der Waals surface area (Å²) in [5, 5.41) is 0. The molecule has 1 amide bonds. The Kier molecular flexibility index (Phi) is 8.28. The van der Waals surface area contributed by atoms with Crippen LogP contribution in [0, 0.1) is 0 Å². The summed E-state index contributed by atoms with van der Waals surface area (Å²) in [4.78, 5) is 12.6. The molecule has 0 aromatic heterocycles. The number of rotatable bonds is 10. The third-order valence-corrected chi connectivity index (χ3v) is 14.5. The summed E-state index contributed by atoms with van der Waals surface area (Å²) < 4.78 is 38.7. The van der Waals surface area contributed by atoms with Crippen LogP contribution in [0.3, 0.4) is 0 Å². The number of hydrogen-bond donors (Lipinski definition) is 0. The summed E-state index contributed by atoms with van der Waals surface area (Å²) in [6, 6.07) is 2.77. The van der Waals surface area contributed by atoms with Gasteiger partial charge in [-0.15, -0.1) is 11.6 Å². The van der Waals surface area contributed by atoms with Gasteiger partial charge in [-0.1, -0.05) is 55.4 Å². The van der Waals surface area contributed by atoms with Crippen LogP contribution < -0.4 is 4.74 Å². The van der Waals surface area contributed by atoms with E-state index in [0.717, 1.165) is 0 Å². The maximum atomic E-state index is 12.8. The molecule has 0 saturated heterocycles. The highest BCUT2D eigenvalue weighted by Gasteiger charge is 2.45. The van der Waals surface area contributed by atoms with Gasteiger partial charge in [0.1, 0.15) is 23.3 Å². The number of fused-ring (bicyclic) bond motifs is 1. The quantitative estimate of drug-likeness (QED) is 0.182. The lowest BCUT2D eigenvalue weighted by Gasteiger charge is -2.42. The minimum absolute atomic E-state index is 0.0319. The Balaban J connectivity index is 2.27. The smallest absolute Gasteiger partial charge is 0.270 e. The topological polar surface area (TPSA) is 72.9 Å². The summed E-state index contributed by atoms with van der Waals surface area (Å²) in [7, 11) is -5.96. The molecular formula is C22H36ClNO5SSi. The number of alkyl halides is 1. The summed E-state index contributed by atoms with van der Waals surface area (Å²) in [6.07, 6.45) is 0. The van der Waals surface area contributed by atoms with Crippen molar-refractivity contribution in [1.82, 2.24) is 4.31 Å². The molecule has 1 aliphatic rings. The molecule has 0 fully saturated rings. The molecule has 176 valence electrons. The van der Waals surface area contributed by atoms with Crippen LogP contribution in [-0.2, 0) is 14.4 Å². The van der Waals surface area contributed by atoms with Crippen molar-refractivity contribution in [2.24, 2.45) is 0 Å². The Morgan fingerprint density at radius 1 is 0.968 bits per heavy atom. The van der Waals surface area contributed by atoms with Gasteiger partial charge in [-0.3, -0.25) is 4.79 Å². The average Bonchev–Trinajstić information content (AvgIpc) is 2.85. The van der Waals surface area contributed by atoms with Crippen molar-refractivity contribution >= 4 is 35.8 Å². The minimum Gasteiger partial charge on any atom is -0.491 e. The Morgan fingerprint density at radius 2 is 1.52 bits per heavy atom. The molecule has 0 saturated carbocycles. The van der Waals surface area contributed by atoms with E-state index in [1.54, 1.807) is 6.07 Å². The highest BCUT2D eigenvalue weighted by atomic mass is 35.5. The number of halogens is 1. The lowest BCUT2D eigenvalue weighted by Crippen LogP contribution is -2.48. The number of hydrogen-bond acceptors (Lipinski definition) is 5. The minimum atomic E-state index is -3.96. The third-order valence-electron chi connectivity index (χ3n) is 6.26. The predicted octanol–water partition coefficient (Wildman–Crippen LogP) is 5.72. The van der Waals surface area contributed by atoms with Crippen molar-refractivity contribution in [3.63, 3.8) is 0 Å². The number of amides is 1. The fourth-order valence-electron chi connectivity index (χ4n) is 4.93. The van der Waals surface area contributed by atoms with E-state index in [9.17, 15) is 13.2 Å². The zero-order valence-corrected chi connectivity index (χ0v) is 22.4. The summed E-state index contributed by atoms with van der Waals surface area (Å²) in [5.74, 6) is -0.208. The highest BCUT2D eigenvalue weighted by Crippen LogP contribution is 2.42. The Morgan fingerprint density at radius 3 is 1.97 bits per heavy atom. The van der Waals surface area contributed by atoms with Crippen molar-refractivity contribution in [3.05, 3.63) is 23.3 Å². The molecule has 0 aliphatic carbocycles. The Bertz CT molecular complexity index is 893. The van der Waals surface area contributed by atoms with Gasteiger partial charge in [-0.25, -0.2) is 12.7 Å². The van der Waals surface area contributed by atoms with Gasteiger partial charge >= 0.3 is 0 Å². The molecule has 2 rings (SSSR count). The fourth-order valence-corrected chi connectivity index (χ4v) is 12.3. The van der Waals surface area contributed by atoms with Gasteiger partial charge in [0.15, 0.2) is 8.32 Å². The van der Waals surface area contributed by atoms with Gasteiger partial charge in [0.2, 0.25) is 0 Å².